The van der Waals surface area contributed by atoms with Gasteiger partial charge in [0.2, 0.25) is 0 Å². The van der Waals surface area contributed by atoms with Gasteiger partial charge in [-0.05, 0) is 30.9 Å². The highest BCUT2D eigenvalue weighted by molar-refractivity contribution is 5.78. The second-order valence-electron chi connectivity index (χ2n) is 3.50. The van der Waals surface area contributed by atoms with Crippen molar-refractivity contribution >= 4 is 5.78 Å². The Balaban J connectivity index is 2.19. The first-order valence-electron chi connectivity index (χ1n) is 5.23. The van der Waals surface area contributed by atoms with Crippen LogP contribution in [0.5, 0.6) is 0 Å². The van der Waals surface area contributed by atoms with Crippen molar-refractivity contribution in [2.75, 3.05) is 0 Å². The maximum Gasteiger partial charge on any atom is 0.132 e. The van der Waals surface area contributed by atoms with E-state index in [9.17, 15) is 4.79 Å². The quantitative estimate of drug-likeness (QED) is 0.692. The second-order valence-corrected chi connectivity index (χ2v) is 3.50. The van der Waals surface area contributed by atoms with Crippen molar-refractivity contribution in [1.82, 2.24) is 4.98 Å². The maximum absolute atomic E-state index is 11.2. The molecule has 0 aliphatic rings. The third-order valence-electron chi connectivity index (χ3n) is 2.17. The molecule has 76 valence electrons. The average Bonchev–Trinajstić information content (AvgIpc) is 2.20. The van der Waals surface area contributed by atoms with Crippen LogP contribution in [0.3, 0.4) is 0 Å². The van der Waals surface area contributed by atoms with Crippen molar-refractivity contribution in [1.29, 1.82) is 0 Å². The minimum Gasteiger partial charge on any atom is -0.300 e. The van der Waals surface area contributed by atoms with E-state index in [-0.39, 0.29) is 0 Å². The smallest absolute Gasteiger partial charge is 0.132 e. The molecule has 0 aliphatic carbocycles. The molecule has 0 spiro atoms. The molecular weight excluding hydrogens is 174 g/mol. The lowest BCUT2D eigenvalue weighted by Crippen LogP contribution is -1.97. The SMILES string of the molecule is CCCC(=O)CCCc1cccnc1. The number of aryl methyl sites for hydroxylation is 1. The molecule has 1 aromatic rings. The van der Waals surface area contributed by atoms with Crippen LogP contribution in [-0.2, 0) is 11.2 Å². The minimum atomic E-state index is 0.386. The molecule has 0 unspecified atom stereocenters. The fourth-order valence-electron chi connectivity index (χ4n) is 1.44. The molecule has 2 heteroatoms. The molecule has 0 bridgehead atoms. The highest BCUT2D eigenvalue weighted by atomic mass is 16.1. The second kappa shape index (κ2) is 6.30. The third-order valence-corrected chi connectivity index (χ3v) is 2.17. The zero-order valence-corrected chi connectivity index (χ0v) is 8.70. The highest BCUT2D eigenvalue weighted by Gasteiger charge is 2.00. The van der Waals surface area contributed by atoms with Gasteiger partial charge in [-0.3, -0.25) is 9.78 Å². The number of rotatable bonds is 6. The van der Waals surface area contributed by atoms with Crippen LogP contribution < -0.4 is 0 Å². The fraction of sp³-hybridized carbons (Fsp3) is 0.500. The number of nitrogens with zero attached hydrogens (tertiary/aromatic N) is 1. The predicted octanol–water partition coefficient (Wildman–Crippen LogP) is 2.77. The molecule has 1 heterocycles. The Bertz CT molecular complexity index is 269. The number of carbonyl (C=O) groups is 1. The van der Waals surface area contributed by atoms with E-state index in [1.165, 1.54) is 5.56 Å². The summed E-state index contributed by atoms with van der Waals surface area (Å²) >= 11 is 0. The molecule has 0 aliphatic heterocycles. The molecule has 0 aromatic carbocycles. The predicted molar refractivity (Wildman–Crippen MR) is 57.1 cm³/mol. The summed E-state index contributed by atoms with van der Waals surface area (Å²) in [6.07, 6.45) is 7.95. The van der Waals surface area contributed by atoms with Gasteiger partial charge in [0.25, 0.3) is 0 Å². The zero-order valence-electron chi connectivity index (χ0n) is 8.70. The van der Waals surface area contributed by atoms with Crippen LogP contribution in [-0.4, -0.2) is 10.8 Å². The van der Waals surface area contributed by atoms with E-state index >= 15 is 0 Å². The number of hydrogen-bond donors (Lipinski definition) is 0. The summed E-state index contributed by atoms with van der Waals surface area (Å²) < 4.78 is 0. The first-order valence-corrected chi connectivity index (χ1v) is 5.23. The fourth-order valence-corrected chi connectivity index (χ4v) is 1.44. The van der Waals surface area contributed by atoms with E-state index in [1.54, 1.807) is 6.20 Å². The minimum absolute atomic E-state index is 0.386. The Kier molecular flexibility index (Phi) is 4.90. The van der Waals surface area contributed by atoms with E-state index in [0.717, 1.165) is 25.7 Å². The van der Waals surface area contributed by atoms with Gasteiger partial charge in [-0.2, -0.15) is 0 Å². The van der Waals surface area contributed by atoms with E-state index < -0.39 is 0 Å². The summed E-state index contributed by atoms with van der Waals surface area (Å²) in [6, 6.07) is 3.99. The van der Waals surface area contributed by atoms with Gasteiger partial charge in [-0.1, -0.05) is 13.0 Å². The van der Waals surface area contributed by atoms with E-state index in [0.29, 0.717) is 12.2 Å². The number of hydrogen-bond acceptors (Lipinski definition) is 2. The summed E-state index contributed by atoms with van der Waals surface area (Å²) in [6.45, 7) is 2.04. The Morgan fingerprint density at radius 3 is 2.93 bits per heavy atom. The molecule has 14 heavy (non-hydrogen) atoms. The van der Waals surface area contributed by atoms with Crippen LogP contribution in [0.1, 0.15) is 38.2 Å². The molecule has 0 saturated heterocycles. The van der Waals surface area contributed by atoms with Crippen LogP contribution in [0.2, 0.25) is 0 Å². The van der Waals surface area contributed by atoms with Crippen molar-refractivity contribution in [3.63, 3.8) is 0 Å². The first kappa shape index (κ1) is 10.9. The van der Waals surface area contributed by atoms with Gasteiger partial charge < -0.3 is 0 Å². The normalized spacial score (nSPS) is 10.1. The largest absolute Gasteiger partial charge is 0.300 e. The summed E-state index contributed by atoms with van der Waals surface area (Å²) in [5.74, 6) is 0.386. The lowest BCUT2D eigenvalue weighted by Gasteiger charge is -1.99. The molecular formula is C12H17NO. The maximum atomic E-state index is 11.2. The lowest BCUT2D eigenvalue weighted by atomic mass is 10.1. The number of aromatic nitrogens is 1. The van der Waals surface area contributed by atoms with Crippen molar-refractivity contribution in [2.24, 2.45) is 0 Å². The van der Waals surface area contributed by atoms with Gasteiger partial charge in [-0.25, -0.2) is 0 Å². The zero-order chi connectivity index (χ0) is 10.2. The summed E-state index contributed by atoms with van der Waals surface area (Å²) in [5, 5.41) is 0. The Labute approximate surface area is 85.4 Å². The topological polar surface area (TPSA) is 30.0 Å². The van der Waals surface area contributed by atoms with Gasteiger partial charge in [-0.15, -0.1) is 0 Å². The lowest BCUT2D eigenvalue weighted by molar-refractivity contribution is -0.119. The number of carbonyl (C=O) groups excluding carboxylic acids is 1. The van der Waals surface area contributed by atoms with Crippen LogP contribution in [0.15, 0.2) is 24.5 Å². The Morgan fingerprint density at radius 1 is 1.43 bits per heavy atom. The van der Waals surface area contributed by atoms with E-state index in [4.69, 9.17) is 0 Å². The van der Waals surface area contributed by atoms with Crippen molar-refractivity contribution in [2.45, 2.75) is 39.0 Å². The highest BCUT2D eigenvalue weighted by Crippen LogP contribution is 2.05. The molecule has 0 atom stereocenters. The summed E-state index contributed by atoms with van der Waals surface area (Å²) in [4.78, 5) is 15.3. The number of pyridine rings is 1. The molecule has 0 N–H and O–H groups in total. The summed E-state index contributed by atoms with van der Waals surface area (Å²) in [7, 11) is 0. The van der Waals surface area contributed by atoms with Crippen molar-refractivity contribution in [3.05, 3.63) is 30.1 Å². The number of Topliss-reactive ketones (excluding diaryl/α,β-unsaturated/α-hetero) is 1. The average molecular weight is 191 g/mol. The monoisotopic (exact) mass is 191 g/mol. The van der Waals surface area contributed by atoms with Crippen LogP contribution in [0.25, 0.3) is 0 Å². The molecule has 0 saturated carbocycles. The first-order chi connectivity index (χ1) is 6.83. The molecule has 0 radical (unpaired) electrons. The van der Waals surface area contributed by atoms with Gasteiger partial charge in [0.05, 0.1) is 0 Å². The third kappa shape index (κ3) is 4.17. The molecule has 2 nitrogen and oxygen atoms in total. The molecule has 1 aromatic heterocycles. The Morgan fingerprint density at radius 2 is 2.29 bits per heavy atom. The van der Waals surface area contributed by atoms with Crippen molar-refractivity contribution < 1.29 is 4.79 Å². The Hall–Kier alpha value is -1.18. The molecule has 0 amide bonds. The van der Waals surface area contributed by atoms with Gasteiger partial charge in [0.15, 0.2) is 0 Å². The van der Waals surface area contributed by atoms with Gasteiger partial charge in [0, 0.05) is 25.2 Å². The standard InChI is InChI=1S/C12H17NO/c1-2-5-12(14)8-3-6-11-7-4-9-13-10-11/h4,7,9-10H,2-3,5-6,8H2,1H3. The van der Waals surface area contributed by atoms with Crippen LogP contribution in [0, 0.1) is 0 Å². The van der Waals surface area contributed by atoms with Crippen LogP contribution >= 0.6 is 0 Å². The van der Waals surface area contributed by atoms with Gasteiger partial charge >= 0.3 is 0 Å². The van der Waals surface area contributed by atoms with E-state index in [2.05, 4.69) is 11.1 Å². The van der Waals surface area contributed by atoms with Gasteiger partial charge in [0.1, 0.15) is 5.78 Å². The van der Waals surface area contributed by atoms with E-state index in [1.807, 2.05) is 19.2 Å². The summed E-state index contributed by atoms with van der Waals surface area (Å²) in [5.41, 5.74) is 1.22. The molecule has 1 rings (SSSR count). The van der Waals surface area contributed by atoms with Crippen LogP contribution in [0.4, 0.5) is 0 Å². The molecule has 0 fully saturated rings. The van der Waals surface area contributed by atoms with Crippen molar-refractivity contribution in [3.8, 4) is 0 Å². The number of ketones is 1.